The monoisotopic (exact) mass is 252 g/mol. The lowest BCUT2D eigenvalue weighted by Crippen LogP contribution is -2.53. The first-order valence-electron chi connectivity index (χ1n) is 5.35. The van der Waals surface area contributed by atoms with Crippen LogP contribution in [0.2, 0.25) is 0 Å². The summed E-state index contributed by atoms with van der Waals surface area (Å²) in [6.45, 7) is 1.56. The van der Waals surface area contributed by atoms with Gasteiger partial charge in [0.2, 0.25) is 0 Å². The summed E-state index contributed by atoms with van der Waals surface area (Å²) in [5.74, 6) is -1.08. The van der Waals surface area contributed by atoms with E-state index in [0.717, 1.165) is 0 Å². The first-order valence-corrected chi connectivity index (χ1v) is 5.35. The van der Waals surface area contributed by atoms with Crippen LogP contribution in [0.4, 0.5) is 0 Å². The van der Waals surface area contributed by atoms with Crippen molar-refractivity contribution in [3.63, 3.8) is 0 Å². The van der Waals surface area contributed by atoms with E-state index in [9.17, 15) is 25.0 Å². The summed E-state index contributed by atoms with van der Waals surface area (Å²) in [5.41, 5.74) is -2.81. The Morgan fingerprint density at radius 1 is 1.17 bits per heavy atom. The molecule has 0 fully saturated rings. The third-order valence-corrected chi connectivity index (χ3v) is 2.60. The molecule has 0 aliphatic rings. The van der Waals surface area contributed by atoms with Crippen molar-refractivity contribution in [2.24, 2.45) is 0 Å². The van der Waals surface area contributed by atoms with Crippen molar-refractivity contribution in [2.75, 3.05) is 0 Å². The number of benzene rings is 1. The number of rotatable bonds is 6. The molecule has 0 aromatic heterocycles. The van der Waals surface area contributed by atoms with Crippen LogP contribution >= 0.6 is 0 Å². The van der Waals surface area contributed by atoms with Crippen LogP contribution in [0.5, 0.6) is 0 Å². The molecule has 0 saturated carbocycles. The first kappa shape index (κ1) is 13.8. The van der Waals surface area contributed by atoms with Gasteiger partial charge in [0.25, 0.3) is 0 Å². The molecule has 0 amide bonds. The van der Waals surface area contributed by atoms with Gasteiger partial charge in [-0.05, 0) is 6.42 Å². The van der Waals surface area contributed by atoms with E-state index in [2.05, 4.69) is 0 Å². The van der Waals surface area contributed by atoms with E-state index in [1.807, 2.05) is 0 Å². The van der Waals surface area contributed by atoms with Gasteiger partial charge >= 0.3 is 11.4 Å². The maximum Gasteiger partial charge on any atom is 0.520 e. The second-order valence-corrected chi connectivity index (χ2v) is 3.78. The standard InChI is InChI=1S/C11H12N2O5/c1-2-8-11(12(15)16,13(17)18)10(14)9-6-4-3-5-7-9/h3-7H,2,8H2,1H3. The second kappa shape index (κ2) is 5.35. The van der Waals surface area contributed by atoms with Crippen LogP contribution in [-0.2, 0) is 0 Å². The van der Waals surface area contributed by atoms with Crippen molar-refractivity contribution in [1.29, 1.82) is 0 Å². The lowest BCUT2D eigenvalue weighted by atomic mass is 9.94. The highest BCUT2D eigenvalue weighted by Gasteiger charge is 2.62. The van der Waals surface area contributed by atoms with Gasteiger partial charge in [0.05, 0.1) is 6.42 Å². The minimum Gasteiger partial charge on any atom is -0.277 e. The van der Waals surface area contributed by atoms with Gasteiger partial charge in [-0.3, -0.25) is 25.0 Å². The molecule has 96 valence electrons. The second-order valence-electron chi connectivity index (χ2n) is 3.78. The Kier molecular flexibility index (Phi) is 4.09. The summed E-state index contributed by atoms with van der Waals surface area (Å²) in [7, 11) is 0. The zero-order valence-corrected chi connectivity index (χ0v) is 9.74. The summed E-state index contributed by atoms with van der Waals surface area (Å²) in [4.78, 5) is 31.9. The maximum absolute atomic E-state index is 12.1. The van der Waals surface area contributed by atoms with Crippen LogP contribution in [0.15, 0.2) is 30.3 Å². The Balaban J connectivity index is 3.31. The minimum atomic E-state index is -2.78. The molecule has 0 atom stereocenters. The molecule has 0 aliphatic carbocycles. The van der Waals surface area contributed by atoms with E-state index < -0.39 is 27.7 Å². The highest BCUT2D eigenvalue weighted by Crippen LogP contribution is 2.23. The highest BCUT2D eigenvalue weighted by molar-refractivity contribution is 6.01. The van der Waals surface area contributed by atoms with E-state index in [0.29, 0.717) is 0 Å². The molecule has 0 saturated heterocycles. The molecule has 7 nitrogen and oxygen atoms in total. The molecule has 0 heterocycles. The Bertz CT molecular complexity index is 458. The SMILES string of the molecule is CCCC(C(=O)c1ccccc1)([N+](=O)[O-])[N+](=O)[O-]. The fourth-order valence-electron chi connectivity index (χ4n) is 1.70. The molecule has 1 aromatic carbocycles. The van der Waals surface area contributed by atoms with Crippen LogP contribution in [0.3, 0.4) is 0 Å². The number of Topliss-reactive ketones (excluding diaryl/α,β-unsaturated/α-hetero) is 1. The van der Waals surface area contributed by atoms with Crippen LogP contribution < -0.4 is 0 Å². The van der Waals surface area contributed by atoms with Gasteiger partial charge in [-0.2, -0.15) is 0 Å². The summed E-state index contributed by atoms with van der Waals surface area (Å²) < 4.78 is 0. The largest absolute Gasteiger partial charge is 0.520 e. The van der Waals surface area contributed by atoms with E-state index in [-0.39, 0.29) is 12.0 Å². The molecular formula is C11H12N2O5. The molecule has 1 aromatic rings. The zero-order chi connectivity index (χ0) is 13.8. The average Bonchev–Trinajstić information content (AvgIpc) is 2.35. The van der Waals surface area contributed by atoms with Crippen molar-refractivity contribution in [3.05, 3.63) is 56.1 Å². The van der Waals surface area contributed by atoms with Crippen molar-refractivity contribution in [2.45, 2.75) is 25.4 Å². The van der Waals surface area contributed by atoms with Crippen molar-refractivity contribution >= 4 is 5.78 Å². The highest BCUT2D eigenvalue weighted by atomic mass is 16.7. The molecule has 0 radical (unpaired) electrons. The molecular weight excluding hydrogens is 240 g/mol. The van der Waals surface area contributed by atoms with Crippen LogP contribution in [0, 0.1) is 20.2 Å². The number of hydrogen-bond acceptors (Lipinski definition) is 5. The van der Waals surface area contributed by atoms with Gasteiger partial charge in [0.15, 0.2) is 0 Å². The number of nitrogens with zero attached hydrogens (tertiary/aromatic N) is 2. The summed E-state index contributed by atoms with van der Waals surface area (Å²) >= 11 is 0. The summed E-state index contributed by atoms with van der Waals surface area (Å²) in [6.07, 6.45) is -0.263. The van der Waals surface area contributed by atoms with Gasteiger partial charge in [-0.25, -0.2) is 0 Å². The topological polar surface area (TPSA) is 103 Å². The van der Waals surface area contributed by atoms with Gasteiger partial charge in [-0.15, -0.1) is 0 Å². The van der Waals surface area contributed by atoms with Crippen molar-refractivity contribution in [3.8, 4) is 0 Å². The number of carbonyl (C=O) groups excluding carboxylic acids is 1. The third-order valence-electron chi connectivity index (χ3n) is 2.60. The molecule has 0 N–H and O–H groups in total. The summed E-state index contributed by atoms with van der Waals surface area (Å²) in [6, 6.07) is 7.30. The molecule has 0 bridgehead atoms. The minimum absolute atomic E-state index is 0.0284. The lowest BCUT2D eigenvalue weighted by Gasteiger charge is -2.15. The smallest absolute Gasteiger partial charge is 0.277 e. The predicted molar refractivity (Wildman–Crippen MR) is 62.4 cm³/mol. The first-order chi connectivity index (χ1) is 8.46. The van der Waals surface area contributed by atoms with Crippen molar-refractivity contribution in [1.82, 2.24) is 0 Å². The predicted octanol–water partition coefficient (Wildman–Crippen LogP) is 1.92. The number of hydrogen-bond donors (Lipinski definition) is 0. The van der Waals surface area contributed by atoms with Gasteiger partial charge < -0.3 is 0 Å². The maximum atomic E-state index is 12.1. The van der Waals surface area contributed by atoms with Crippen LogP contribution in [0.25, 0.3) is 0 Å². The molecule has 1 rings (SSSR count). The average molecular weight is 252 g/mol. The fourth-order valence-corrected chi connectivity index (χ4v) is 1.70. The van der Waals surface area contributed by atoms with E-state index >= 15 is 0 Å². The lowest BCUT2D eigenvalue weighted by molar-refractivity contribution is -0.775. The Morgan fingerprint density at radius 2 is 1.67 bits per heavy atom. The van der Waals surface area contributed by atoms with E-state index in [1.54, 1.807) is 13.0 Å². The molecule has 0 spiro atoms. The molecule has 0 aliphatic heterocycles. The van der Waals surface area contributed by atoms with Gasteiger partial charge in [0, 0.05) is 5.56 Å². The number of carbonyl (C=O) groups is 1. The Morgan fingerprint density at radius 3 is 2.06 bits per heavy atom. The van der Waals surface area contributed by atoms with Crippen molar-refractivity contribution < 1.29 is 14.6 Å². The van der Waals surface area contributed by atoms with Crippen LogP contribution in [0.1, 0.15) is 30.1 Å². The van der Waals surface area contributed by atoms with E-state index in [4.69, 9.17) is 0 Å². The number of nitro groups is 2. The quantitative estimate of drug-likeness (QED) is 0.333. The van der Waals surface area contributed by atoms with Gasteiger partial charge in [-0.1, -0.05) is 37.3 Å². The normalized spacial score (nSPS) is 10.9. The third kappa shape index (κ3) is 2.20. The molecule has 18 heavy (non-hydrogen) atoms. The summed E-state index contributed by atoms with van der Waals surface area (Å²) in [5, 5.41) is 22.0. The Hall–Kier alpha value is -2.31. The van der Waals surface area contributed by atoms with E-state index in [1.165, 1.54) is 24.3 Å². The van der Waals surface area contributed by atoms with Crippen LogP contribution in [-0.4, -0.2) is 21.3 Å². The zero-order valence-electron chi connectivity index (χ0n) is 9.74. The Labute approximate surface area is 103 Å². The van der Waals surface area contributed by atoms with Gasteiger partial charge in [0.1, 0.15) is 9.85 Å². The molecule has 0 unspecified atom stereocenters. The number of ketones is 1. The molecule has 7 heteroatoms. The fraction of sp³-hybridized carbons (Fsp3) is 0.364.